The van der Waals surface area contributed by atoms with Crippen LogP contribution in [0.25, 0.3) is 0 Å². The zero-order chi connectivity index (χ0) is 35.0. The normalized spacial score (nSPS) is 23.4. The second-order valence-electron chi connectivity index (χ2n) is 9.67. The van der Waals surface area contributed by atoms with Crippen LogP contribution >= 0.6 is 23.5 Å². The SMILES string of the molecule is O=C(NC=CCc1cn([C@H]2C[C@H](O)[C@@H](COP(=O)(O)OP(=O)(O)OP(=O)(O)O)O2)c(=O)[nH]c1=O)c1ccc(C2(C(F)(F)F)N=N2)cc1. The maximum absolute atomic E-state index is 13.1. The summed E-state index contributed by atoms with van der Waals surface area (Å²) in [4.78, 5) is 75.1. The number of phosphoric ester groups is 1. The largest absolute Gasteiger partial charge is 0.490 e. The first kappa shape index (κ1) is 36.7. The number of carbonyl (C=O) groups excluding carboxylic acids is 1. The average Bonchev–Trinajstić information content (AvgIpc) is 3.67. The van der Waals surface area contributed by atoms with Crippen molar-refractivity contribution in [3.8, 4) is 0 Å². The Morgan fingerprint density at radius 2 is 1.74 bits per heavy atom. The number of alkyl halides is 3. The van der Waals surface area contributed by atoms with Gasteiger partial charge in [-0.1, -0.05) is 18.2 Å². The molecule has 1 fully saturated rings. The zero-order valence-electron chi connectivity index (χ0n) is 23.0. The number of ether oxygens (including phenoxy) is 1. The molecule has 7 N–H and O–H groups in total. The number of aromatic nitrogens is 2. The van der Waals surface area contributed by atoms with Crippen LogP contribution in [-0.2, 0) is 43.7 Å². The number of nitrogens with zero attached hydrogens (tertiary/aromatic N) is 3. The molecule has 4 rings (SSSR count). The standard InChI is InChI=1S/C21H23F3N5O15P3/c22-21(23,24)20(27-28-20)13-5-3-11(4-6-13)17(31)25-7-1-2-12-9-29(19(33)26-18(12)32)16-8-14(30)15(42-16)10-41-46(37,38)44-47(39,40)43-45(34,35)36/h1,3-7,9,14-16,30H,2,8,10H2,(H,25,31)(H,37,38)(H,39,40)(H,26,32,33)(H2,34,35,36)/t14-,15+,16+/m0/s1. The molecule has 0 saturated carbocycles. The summed E-state index contributed by atoms with van der Waals surface area (Å²) in [7, 11) is -16.9. The van der Waals surface area contributed by atoms with Crippen molar-refractivity contribution in [2.75, 3.05) is 6.61 Å². The number of amides is 1. The Balaban J connectivity index is 1.34. The Kier molecular flexibility index (Phi) is 10.4. The molecule has 2 aliphatic rings. The predicted molar refractivity (Wildman–Crippen MR) is 145 cm³/mol. The fraction of sp³-hybridized carbons (Fsp3) is 0.381. The maximum atomic E-state index is 13.1. The summed E-state index contributed by atoms with van der Waals surface area (Å²) in [6, 6.07) is 4.40. The lowest BCUT2D eigenvalue weighted by Crippen LogP contribution is -2.34. The molecule has 258 valence electrons. The van der Waals surface area contributed by atoms with E-state index in [1.54, 1.807) is 0 Å². The molecule has 20 nitrogen and oxygen atoms in total. The van der Waals surface area contributed by atoms with E-state index in [9.17, 15) is 56.1 Å². The van der Waals surface area contributed by atoms with E-state index in [-0.39, 0.29) is 29.5 Å². The number of carbonyl (C=O) groups is 1. The third kappa shape index (κ3) is 9.26. The van der Waals surface area contributed by atoms with Crippen molar-refractivity contribution in [2.24, 2.45) is 10.2 Å². The van der Waals surface area contributed by atoms with Crippen LogP contribution < -0.4 is 16.6 Å². The number of H-pyrrole nitrogens is 1. The van der Waals surface area contributed by atoms with E-state index >= 15 is 0 Å². The summed E-state index contributed by atoms with van der Waals surface area (Å²) in [6.07, 6.45) is -5.91. The van der Waals surface area contributed by atoms with Gasteiger partial charge in [0, 0.05) is 35.5 Å². The first-order valence-electron chi connectivity index (χ1n) is 12.6. The van der Waals surface area contributed by atoms with Crippen LogP contribution in [0.1, 0.15) is 34.1 Å². The van der Waals surface area contributed by atoms with E-state index in [0.717, 1.165) is 41.2 Å². The van der Waals surface area contributed by atoms with Crippen LogP contribution in [0.3, 0.4) is 0 Å². The van der Waals surface area contributed by atoms with Crippen LogP contribution in [0, 0.1) is 0 Å². The number of aliphatic hydroxyl groups excluding tert-OH is 1. The number of nitrogens with one attached hydrogen (secondary N) is 2. The lowest BCUT2D eigenvalue weighted by molar-refractivity contribution is -0.166. The topological polar surface area (TPSA) is 298 Å². The number of benzene rings is 1. The van der Waals surface area contributed by atoms with Crippen molar-refractivity contribution in [1.29, 1.82) is 0 Å². The van der Waals surface area contributed by atoms with Gasteiger partial charge in [-0.05, 0) is 18.6 Å². The van der Waals surface area contributed by atoms with E-state index in [1.807, 2.05) is 4.98 Å². The Morgan fingerprint density at radius 1 is 1.11 bits per heavy atom. The Morgan fingerprint density at radius 3 is 2.32 bits per heavy atom. The van der Waals surface area contributed by atoms with Crippen molar-refractivity contribution in [1.82, 2.24) is 14.9 Å². The summed E-state index contributed by atoms with van der Waals surface area (Å²) >= 11 is 0. The van der Waals surface area contributed by atoms with Crippen LogP contribution in [0.4, 0.5) is 13.2 Å². The Bertz CT molecular complexity index is 1840. The highest BCUT2D eigenvalue weighted by molar-refractivity contribution is 7.66. The molecule has 1 saturated heterocycles. The van der Waals surface area contributed by atoms with Crippen LogP contribution in [0.15, 0.2) is 62.6 Å². The minimum absolute atomic E-state index is 0.00204. The number of allylic oxidation sites excluding steroid dienone is 1. The second kappa shape index (κ2) is 13.4. The summed E-state index contributed by atoms with van der Waals surface area (Å²) in [5.74, 6) is -0.701. The third-order valence-electron chi connectivity index (χ3n) is 6.29. The highest BCUT2D eigenvalue weighted by atomic mass is 31.3. The van der Waals surface area contributed by atoms with E-state index in [4.69, 9.17) is 14.5 Å². The van der Waals surface area contributed by atoms with E-state index in [0.29, 0.717) is 0 Å². The van der Waals surface area contributed by atoms with Crippen molar-refractivity contribution in [3.63, 3.8) is 0 Å². The van der Waals surface area contributed by atoms with Gasteiger partial charge < -0.3 is 34.7 Å². The minimum atomic E-state index is -5.79. The van der Waals surface area contributed by atoms with Gasteiger partial charge in [-0.15, -0.1) is 10.2 Å². The average molecular weight is 735 g/mol. The van der Waals surface area contributed by atoms with E-state index in [1.165, 1.54) is 6.08 Å². The van der Waals surface area contributed by atoms with Gasteiger partial charge in [0.25, 0.3) is 11.5 Å². The van der Waals surface area contributed by atoms with E-state index < -0.39 is 77.5 Å². The van der Waals surface area contributed by atoms with Crippen molar-refractivity contribution in [3.05, 3.63) is 80.3 Å². The predicted octanol–water partition coefficient (Wildman–Crippen LogP) is 1.20. The van der Waals surface area contributed by atoms with Gasteiger partial charge in [0.05, 0.1) is 12.7 Å². The first-order valence-corrected chi connectivity index (χ1v) is 17.2. The number of rotatable bonds is 13. The number of halogens is 3. The molecular formula is C21H23F3N5O15P3. The molecule has 2 unspecified atom stereocenters. The monoisotopic (exact) mass is 735 g/mol. The number of aliphatic hydroxyl groups is 1. The second-order valence-corrected chi connectivity index (χ2v) is 14.1. The maximum Gasteiger partial charge on any atom is 0.490 e. The molecule has 26 heteroatoms. The number of hydrogen-bond acceptors (Lipinski definition) is 13. The van der Waals surface area contributed by atoms with Gasteiger partial charge >= 0.3 is 41.0 Å². The third-order valence-corrected chi connectivity index (χ3v) is 10.1. The summed E-state index contributed by atoms with van der Waals surface area (Å²) < 4.78 is 91.4. The molecule has 47 heavy (non-hydrogen) atoms. The molecule has 0 spiro atoms. The van der Waals surface area contributed by atoms with Gasteiger partial charge in [-0.3, -0.25) is 23.7 Å². The van der Waals surface area contributed by atoms with Gasteiger partial charge in [-0.25, -0.2) is 18.5 Å². The lowest BCUT2D eigenvalue weighted by atomic mass is 10.0. The molecule has 1 aromatic heterocycles. The molecule has 0 aliphatic carbocycles. The van der Waals surface area contributed by atoms with Crippen molar-refractivity contribution >= 4 is 29.4 Å². The molecule has 0 radical (unpaired) electrons. The fourth-order valence-electron chi connectivity index (χ4n) is 4.09. The van der Waals surface area contributed by atoms with Crippen LogP contribution in [0.5, 0.6) is 0 Å². The van der Waals surface area contributed by atoms with E-state index in [2.05, 4.69) is 28.7 Å². The van der Waals surface area contributed by atoms with Crippen molar-refractivity contribution < 1.29 is 74.2 Å². The summed E-state index contributed by atoms with van der Waals surface area (Å²) in [5.41, 5.74) is -4.75. The molecule has 1 amide bonds. The smallest absolute Gasteiger partial charge is 0.390 e. The summed E-state index contributed by atoms with van der Waals surface area (Å²) in [5, 5.41) is 18.8. The van der Waals surface area contributed by atoms with Gasteiger partial charge in [-0.2, -0.15) is 21.8 Å². The first-order chi connectivity index (χ1) is 21.6. The van der Waals surface area contributed by atoms with Gasteiger partial charge in [0.1, 0.15) is 12.3 Å². The fourth-order valence-corrected chi connectivity index (χ4v) is 7.12. The number of aromatic amines is 1. The van der Waals surface area contributed by atoms with Crippen molar-refractivity contribution in [2.45, 2.75) is 43.1 Å². The van der Waals surface area contributed by atoms with Gasteiger partial charge in [0.2, 0.25) is 0 Å². The molecule has 1 aromatic carbocycles. The number of hydrogen-bond donors (Lipinski definition) is 7. The molecule has 2 aliphatic heterocycles. The van der Waals surface area contributed by atoms with Gasteiger partial charge in [0.15, 0.2) is 0 Å². The molecule has 0 bridgehead atoms. The molecule has 5 atom stereocenters. The highest BCUT2D eigenvalue weighted by Crippen LogP contribution is 2.66. The molecular weight excluding hydrogens is 712 g/mol. The molecule has 3 heterocycles. The Labute approximate surface area is 259 Å². The quantitative estimate of drug-likeness (QED) is 0.142. The number of phosphoric acid groups is 3. The zero-order valence-corrected chi connectivity index (χ0v) is 25.7. The minimum Gasteiger partial charge on any atom is -0.390 e. The molecule has 2 aromatic rings. The van der Waals surface area contributed by atoms with Crippen LogP contribution in [0.2, 0.25) is 0 Å². The highest BCUT2D eigenvalue weighted by Gasteiger charge is 2.65. The summed E-state index contributed by atoms with van der Waals surface area (Å²) in [6.45, 7) is -0.995. The Hall–Kier alpha value is -3.17. The van der Waals surface area contributed by atoms with Crippen LogP contribution in [-0.4, -0.2) is 65.1 Å². The lowest BCUT2D eigenvalue weighted by Gasteiger charge is -2.19.